The Hall–Kier alpha value is -2.06. The highest BCUT2D eigenvalue weighted by Crippen LogP contribution is 2.37. The van der Waals surface area contributed by atoms with Crippen molar-refractivity contribution in [2.24, 2.45) is 11.8 Å². The van der Waals surface area contributed by atoms with E-state index in [-0.39, 0.29) is 5.76 Å². The first kappa shape index (κ1) is 29.0. The summed E-state index contributed by atoms with van der Waals surface area (Å²) in [5.74, 6) is 1.60. The molecule has 1 aliphatic carbocycles. The first-order valence-corrected chi connectivity index (χ1v) is 12.7. The molecule has 0 radical (unpaired) electrons. The second kappa shape index (κ2) is 13.6. The average molecular weight is 453 g/mol. The Balaban J connectivity index is 3.45. The van der Waals surface area contributed by atoms with Gasteiger partial charge in [0.2, 0.25) is 0 Å². The highest BCUT2D eigenvalue weighted by Gasteiger charge is 2.30. The molecule has 0 amide bonds. The summed E-state index contributed by atoms with van der Waals surface area (Å²) in [7, 11) is 0. The van der Waals surface area contributed by atoms with E-state index in [2.05, 4.69) is 46.9 Å². The third-order valence-electron chi connectivity index (χ3n) is 6.42. The largest absolute Gasteiger partial charge is 0.507 e. The third-order valence-corrected chi connectivity index (χ3v) is 6.42. The molecular formula is C31H48O2. The maximum Gasteiger partial charge on any atom is 0.122 e. The summed E-state index contributed by atoms with van der Waals surface area (Å²) >= 11 is 0. The predicted octanol–water partition coefficient (Wildman–Crippen LogP) is 9.09. The van der Waals surface area contributed by atoms with Crippen molar-refractivity contribution in [1.29, 1.82) is 0 Å². The molecule has 33 heavy (non-hydrogen) atoms. The Morgan fingerprint density at radius 2 is 1.45 bits per heavy atom. The van der Waals surface area contributed by atoms with E-state index in [4.69, 9.17) is 0 Å². The molecule has 2 heteroatoms. The Morgan fingerprint density at radius 3 is 1.88 bits per heavy atom. The quantitative estimate of drug-likeness (QED) is 0.273. The van der Waals surface area contributed by atoms with Gasteiger partial charge in [0.05, 0.1) is 0 Å². The fraction of sp³-hybridized carbons (Fsp3) is 0.548. The Bertz CT molecular complexity index is 838. The molecule has 2 N–H and O–H groups in total. The number of aliphatic hydroxyl groups excluding tert-OH is 1. The molecule has 0 saturated heterocycles. The average Bonchev–Trinajstić information content (AvgIpc) is 2.79. The van der Waals surface area contributed by atoms with Gasteiger partial charge in [-0.25, -0.2) is 0 Å². The van der Waals surface area contributed by atoms with Crippen molar-refractivity contribution in [2.75, 3.05) is 0 Å². The molecule has 0 bridgehead atoms. The maximum atomic E-state index is 11.6. The van der Waals surface area contributed by atoms with Crippen molar-refractivity contribution in [3.8, 4) is 0 Å². The topological polar surface area (TPSA) is 40.5 Å². The molecule has 0 aromatic carbocycles. The molecular weight excluding hydrogens is 404 g/mol. The third kappa shape index (κ3) is 9.01. The Kier molecular flexibility index (Phi) is 11.9. The van der Waals surface area contributed by atoms with E-state index >= 15 is 0 Å². The number of allylic oxidation sites excluding steroid dienone is 8. The molecule has 0 aromatic heterocycles. The zero-order valence-electron chi connectivity index (χ0n) is 22.3. The SMILES string of the molecule is C=C/C(=C\C1=CC(C)(O)C(/C=C(\C=C)CCCC(C)C)=C(C)C(O)=C1CC)CCCC(C)C. The molecule has 0 fully saturated rings. The predicted molar refractivity (Wildman–Crippen MR) is 145 cm³/mol. The molecule has 1 rings (SSSR count). The lowest BCUT2D eigenvalue weighted by Gasteiger charge is -2.23. The van der Waals surface area contributed by atoms with Gasteiger partial charge in [-0.05, 0) is 91.7 Å². The first-order valence-electron chi connectivity index (χ1n) is 12.7. The number of rotatable bonds is 13. The van der Waals surface area contributed by atoms with Crippen LogP contribution in [0.5, 0.6) is 0 Å². The molecule has 2 nitrogen and oxygen atoms in total. The van der Waals surface area contributed by atoms with Gasteiger partial charge >= 0.3 is 0 Å². The molecule has 0 heterocycles. The lowest BCUT2D eigenvalue weighted by atomic mass is 9.88. The van der Waals surface area contributed by atoms with Crippen molar-refractivity contribution in [2.45, 2.75) is 99.0 Å². The summed E-state index contributed by atoms with van der Waals surface area (Å²) in [6.07, 6.45) is 16.8. The molecule has 0 aromatic rings. The van der Waals surface area contributed by atoms with Crippen LogP contribution in [0.1, 0.15) is 93.4 Å². The van der Waals surface area contributed by atoms with Crippen LogP contribution in [0, 0.1) is 11.8 Å². The maximum absolute atomic E-state index is 11.6. The first-order chi connectivity index (χ1) is 15.5. The fourth-order valence-corrected chi connectivity index (χ4v) is 4.37. The van der Waals surface area contributed by atoms with Crippen molar-refractivity contribution in [3.05, 3.63) is 82.7 Å². The van der Waals surface area contributed by atoms with Crippen molar-refractivity contribution in [3.63, 3.8) is 0 Å². The van der Waals surface area contributed by atoms with Crippen molar-refractivity contribution in [1.82, 2.24) is 0 Å². The molecule has 0 spiro atoms. The van der Waals surface area contributed by atoms with Gasteiger partial charge in [0.15, 0.2) is 0 Å². The van der Waals surface area contributed by atoms with Gasteiger partial charge in [-0.1, -0.05) is 84.9 Å². The van der Waals surface area contributed by atoms with Gasteiger partial charge in [-0.3, -0.25) is 0 Å². The molecule has 1 atom stereocenters. The minimum atomic E-state index is -1.21. The van der Waals surface area contributed by atoms with E-state index in [0.717, 1.165) is 65.5 Å². The van der Waals surface area contributed by atoms with Crippen LogP contribution >= 0.6 is 0 Å². The van der Waals surface area contributed by atoms with Crippen LogP contribution in [-0.2, 0) is 0 Å². The summed E-state index contributed by atoms with van der Waals surface area (Å²) in [6.45, 7) is 22.7. The van der Waals surface area contributed by atoms with Gasteiger partial charge in [0, 0.05) is 5.57 Å². The second-order valence-electron chi connectivity index (χ2n) is 10.4. The van der Waals surface area contributed by atoms with Crippen LogP contribution in [-0.4, -0.2) is 15.8 Å². The zero-order chi connectivity index (χ0) is 25.2. The van der Waals surface area contributed by atoms with Crippen LogP contribution in [0.15, 0.2) is 82.7 Å². The summed E-state index contributed by atoms with van der Waals surface area (Å²) in [4.78, 5) is 0. The number of aliphatic hydroxyl groups is 2. The number of hydrogen-bond acceptors (Lipinski definition) is 2. The van der Waals surface area contributed by atoms with Gasteiger partial charge in [-0.2, -0.15) is 0 Å². The van der Waals surface area contributed by atoms with Crippen LogP contribution < -0.4 is 0 Å². The van der Waals surface area contributed by atoms with Crippen LogP contribution in [0.2, 0.25) is 0 Å². The van der Waals surface area contributed by atoms with Crippen molar-refractivity contribution >= 4 is 0 Å². The van der Waals surface area contributed by atoms with Gasteiger partial charge in [-0.15, -0.1) is 0 Å². The standard InChI is InChI=1S/C31H48O2/c1-10-25(17-13-15-22(4)5)19-27-21-31(9,33)29(24(8)30(32)28(27)12-3)20-26(11-2)18-14-16-23(6)7/h10-11,19-23,32-33H,1-2,12-18H2,3-9H3/b25-19+,26-20+. The monoisotopic (exact) mass is 452 g/mol. The second-order valence-corrected chi connectivity index (χ2v) is 10.4. The van der Waals surface area contributed by atoms with E-state index in [1.165, 1.54) is 6.42 Å². The van der Waals surface area contributed by atoms with E-state index in [1.807, 2.05) is 45.1 Å². The zero-order valence-corrected chi connectivity index (χ0v) is 22.3. The summed E-state index contributed by atoms with van der Waals surface area (Å²) in [6, 6.07) is 0. The Labute approximate surface area is 203 Å². The summed E-state index contributed by atoms with van der Waals surface area (Å²) in [5, 5.41) is 22.8. The molecule has 1 aliphatic rings. The summed E-state index contributed by atoms with van der Waals surface area (Å²) < 4.78 is 0. The normalized spacial score (nSPS) is 20.5. The molecule has 184 valence electrons. The van der Waals surface area contributed by atoms with Crippen LogP contribution in [0.3, 0.4) is 0 Å². The highest BCUT2D eigenvalue weighted by atomic mass is 16.3. The fourth-order valence-electron chi connectivity index (χ4n) is 4.37. The lowest BCUT2D eigenvalue weighted by molar-refractivity contribution is 0.153. The van der Waals surface area contributed by atoms with Crippen molar-refractivity contribution < 1.29 is 10.2 Å². The minimum Gasteiger partial charge on any atom is -0.507 e. The molecule has 0 saturated carbocycles. The van der Waals surface area contributed by atoms with E-state index < -0.39 is 5.60 Å². The highest BCUT2D eigenvalue weighted by molar-refractivity contribution is 5.57. The lowest BCUT2D eigenvalue weighted by Crippen LogP contribution is -2.24. The molecule has 1 unspecified atom stereocenters. The van der Waals surface area contributed by atoms with E-state index in [0.29, 0.717) is 18.3 Å². The van der Waals surface area contributed by atoms with Gasteiger partial charge in [0.25, 0.3) is 0 Å². The van der Waals surface area contributed by atoms with E-state index in [1.54, 1.807) is 0 Å². The Morgan fingerprint density at radius 1 is 0.970 bits per heavy atom. The number of hydrogen-bond donors (Lipinski definition) is 2. The van der Waals surface area contributed by atoms with Crippen LogP contribution in [0.4, 0.5) is 0 Å². The molecule has 0 aliphatic heterocycles. The smallest absolute Gasteiger partial charge is 0.122 e. The van der Waals surface area contributed by atoms with Gasteiger partial charge < -0.3 is 10.2 Å². The van der Waals surface area contributed by atoms with Gasteiger partial charge in [0.1, 0.15) is 11.4 Å². The van der Waals surface area contributed by atoms with Crippen LogP contribution in [0.25, 0.3) is 0 Å². The minimum absolute atomic E-state index is 0.264. The van der Waals surface area contributed by atoms with E-state index in [9.17, 15) is 10.2 Å². The summed E-state index contributed by atoms with van der Waals surface area (Å²) in [5.41, 5.74) is 4.20.